The summed E-state index contributed by atoms with van der Waals surface area (Å²) in [4.78, 5) is 11.0. The van der Waals surface area contributed by atoms with Crippen molar-refractivity contribution in [1.82, 2.24) is 15.3 Å². The first-order chi connectivity index (χ1) is 10.6. The fourth-order valence-corrected chi connectivity index (χ4v) is 2.58. The van der Waals surface area contributed by atoms with E-state index in [9.17, 15) is 4.39 Å². The molecule has 26 heavy (non-hydrogen) atoms. The SMILES string of the molecule is C[C@](N)(c1ccc(F)cc1)c1cnc(N2CCNCC2)nc1.Cl.O.O.O. The number of anilines is 1. The molecule has 2 aromatic rings. The zero-order valence-corrected chi connectivity index (χ0v) is 15.3. The second-order valence-electron chi connectivity index (χ2n) is 5.72. The van der Waals surface area contributed by atoms with E-state index in [4.69, 9.17) is 5.73 Å². The molecular weight excluding hydrogens is 365 g/mol. The minimum Gasteiger partial charge on any atom is -0.412 e. The fraction of sp³-hybridized carbons (Fsp3) is 0.375. The Hall–Kier alpha value is -1.88. The summed E-state index contributed by atoms with van der Waals surface area (Å²) in [7, 11) is 0. The molecule has 0 spiro atoms. The lowest BCUT2D eigenvalue weighted by molar-refractivity contribution is 0.572. The first-order valence-corrected chi connectivity index (χ1v) is 7.40. The molecule has 1 aliphatic heterocycles. The molecule has 0 bridgehead atoms. The van der Waals surface area contributed by atoms with E-state index in [-0.39, 0.29) is 34.7 Å². The minimum atomic E-state index is -0.754. The molecule has 1 aromatic heterocycles. The van der Waals surface area contributed by atoms with Crippen molar-refractivity contribution in [3.63, 3.8) is 0 Å². The molecule has 1 saturated heterocycles. The van der Waals surface area contributed by atoms with Gasteiger partial charge in [-0.05, 0) is 24.6 Å². The summed E-state index contributed by atoms with van der Waals surface area (Å²) in [6, 6.07) is 6.21. The second-order valence-corrected chi connectivity index (χ2v) is 5.72. The normalized spacial score (nSPS) is 15.3. The van der Waals surface area contributed by atoms with Crippen LogP contribution in [0.3, 0.4) is 0 Å². The molecule has 10 heteroatoms. The van der Waals surface area contributed by atoms with Crippen molar-refractivity contribution in [2.24, 2.45) is 5.73 Å². The number of nitrogens with zero attached hydrogens (tertiary/aromatic N) is 3. The van der Waals surface area contributed by atoms with Gasteiger partial charge in [-0.3, -0.25) is 0 Å². The van der Waals surface area contributed by atoms with Crippen molar-refractivity contribution >= 4 is 18.4 Å². The molecule has 0 aliphatic carbocycles. The van der Waals surface area contributed by atoms with Crippen LogP contribution in [-0.4, -0.2) is 52.6 Å². The van der Waals surface area contributed by atoms with E-state index < -0.39 is 5.54 Å². The molecule has 1 fully saturated rings. The first kappa shape index (κ1) is 26.4. The van der Waals surface area contributed by atoms with Crippen molar-refractivity contribution < 1.29 is 20.8 Å². The molecule has 1 aromatic carbocycles. The fourth-order valence-electron chi connectivity index (χ4n) is 2.58. The second kappa shape index (κ2) is 11.0. The third kappa shape index (κ3) is 5.56. The predicted octanol–water partition coefficient (Wildman–Crippen LogP) is -0.805. The Bertz CT molecular complexity index is 637. The Morgan fingerprint density at radius 2 is 1.50 bits per heavy atom. The first-order valence-electron chi connectivity index (χ1n) is 7.40. The van der Waals surface area contributed by atoms with Crippen molar-refractivity contribution in [3.8, 4) is 0 Å². The van der Waals surface area contributed by atoms with Gasteiger partial charge in [-0.2, -0.15) is 0 Å². The molecular formula is C16H27ClFN5O3. The van der Waals surface area contributed by atoms with Crippen molar-refractivity contribution in [2.45, 2.75) is 12.5 Å². The number of halogens is 2. The van der Waals surface area contributed by atoms with E-state index in [1.807, 2.05) is 6.92 Å². The lowest BCUT2D eigenvalue weighted by Gasteiger charge is -2.29. The average molecular weight is 392 g/mol. The molecule has 9 N–H and O–H groups in total. The van der Waals surface area contributed by atoms with E-state index >= 15 is 0 Å². The van der Waals surface area contributed by atoms with Gasteiger partial charge >= 0.3 is 0 Å². The number of nitrogens with one attached hydrogen (secondary N) is 1. The highest BCUT2D eigenvalue weighted by atomic mass is 35.5. The zero-order valence-electron chi connectivity index (χ0n) is 14.5. The quantitative estimate of drug-likeness (QED) is 0.698. The van der Waals surface area contributed by atoms with Gasteiger partial charge < -0.3 is 32.4 Å². The molecule has 1 aliphatic rings. The van der Waals surface area contributed by atoms with Crippen molar-refractivity contribution in [3.05, 3.63) is 53.6 Å². The van der Waals surface area contributed by atoms with Gasteiger partial charge in [0.25, 0.3) is 0 Å². The van der Waals surface area contributed by atoms with Crippen molar-refractivity contribution in [2.75, 3.05) is 31.1 Å². The predicted molar refractivity (Wildman–Crippen MR) is 102 cm³/mol. The Morgan fingerprint density at radius 3 is 2.00 bits per heavy atom. The summed E-state index contributed by atoms with van der Waals surface area (Å²) in [6.07, 6.45) is 3.52. The van der Waals surface area contributed by atoms with Gasteiger partial charge in [0, 0.05) is 44.1 Å². The van der Waals surface area contributed by atoms with Gasteiger partial charge in [-0.1, -0.05) is 12.1 Å². The molecule has 3 rings (SSSR count). The number of hydrogen-bond donors (Lipinski definition) is 2. The third-order valence-electron chi connectivity index (χ3n) is 4.08. The highest BCUT2D eigenvalue weighted by molar-refractivity contribution is 5.85. The molecule has 0 radical (unpaired) electrons. The average Bonchev–Trinajstić information content (AvgIpc) is 2.56. The van der Waals surface area contributed by atoms with Gasteiger partial charge in [0.15, 0.2) is 0 Å². The summed E-state index contributed by atoms with van der Waals surface area (Å²) in [5, 5.41) is 3.30. The topological polar surface area (TPSA) is 162 Å². The Kier molecular flexibility index (Phi) is 11.1. The number of nitrogens with two attached hydrogens (primary N) is 1. The molecule has 8 nitrogen and oxygen atoms in total. The zero-order chi connectivity index (χ0) is 15.6. The van der Waals surface area contributed by atoms with Crippen LogP contribution >= 0.6 is 12.4 Å². The van der Waals surface area contributed by atoms with Gasteiger partial charge in [0.1, 0.15) is 5.82 Å². The Balaban J connectivity index is 0. The highest BCUT2D eigenvalue weighted by Crippen LogP contribution is 2.26. The van der Waals surface area contributed by atoms with E-state index in [2.05, 4.69) is 20.2 Å². The third-order valence-corrected chi connectivity index (χ3v) is 4.08. The van der Waals surface area contributed by atoms with Gasteiger partial charge in [0.2, 0.25) is 5.95 Å². The van der Waals surface area contributed by atoms with E-state index in [0.29, 0.717) is 0 Å². The standard InChI is InChI=1S/C16H20FN5.ClH.3H2O/c1-16(18,12-2-4-14(17)5-3-12)13-10-20-15(21-11-13)22-8-6-19-7-9-22;;;;/h2-5,10-11,19H,6-9,18H2,1H3;1H;3*1H2/t16-;;;;/m0..../s1. The summed E-state index contributed by atoms with van der Waals surface area (Å²) in [5.41, 5.74) is 7.29. The number of benzene rings is 1. The number of hydrogen-bond acceptors (Lipinski definition) is 5. The van der Waals surface area contributed by atoms with Crippen LogP contribution in [0.25, 0.3) is 0 Å². The number of aromatic nitrogens is 2. The van der Waals surface area contributed by atoms with E-state index in [1.54, 1.807) is 24.5 Å². The lowest BCUT2D eigenvalue weighted by Crippen LogP contribution is -2.44. The van der Waals surface area contributed by atoms with Gasteiger partial charge in [0.05, 0.1) is 5.54 Å². The van der Waals surface area contributed by atoms with Crippen LogP contribution in [-0.2, 0) is 5.54 Å². The van der Waals surface area contributed by atoms with Gasteiger partial charge in [-0.25, -0.2) is 14.4 Å². The Labute approximate surface area is 158 Å². The van der Waals surface area contributed by atoms with Gasteiger partial charge in [-0.15, -0.1) is 12.4 Å². The van der Waals surface area contributed by atoms with Crippen LogP contribution in [0.4, 0.5) is 10.3 Å². The van der Waals surface area contributed by atoms with Crippen LogP contribution in [0.5, 0.6) is 0 Å². The Morgan fingerprint density at radius 1 is 1.00 bits per heavy atom. The van der Waals surface area contributed by atoms with Crippen LogP contribution in [0.1, 0.15) is 18.1 Å². The maximum absolute atomic E-state index is 13.1. The minimum absolute atomic E-state index is 0. The van der Waals surface area contributed by atoms with E-state index in [1.165, 1.54) is 12.1 Å². The van der Waals surface area contributed by atoms with E-state index in [0.717, 1.165) is 43.3 Å². The van der Waals surface area contributed by atoms with Crippen LogP contribution in [0.15, 0.2) is 36.7 Å². The monoisotopic (exact) mass is 391 g/mol. The van der Waals surface area contributed by atoms with Crippen LogP contribution in [0, 0.1) is 5.82 Å². The summed E-state index contributed by atoms with van der Waals surface area (Å²) in [6.45, 7) is 5.56. The molecule has 0 amide bonds. The maximum atomic E-state index is 13.1. The molecule has 2 heterocycles. The highest BCUT2D eigenvalue weighted by Gasteiger charge is 2.25. The smallest absolute Gasteiger partial charge is 0.225 e. The maximum Gasteiger partial charge on any atom is 0.225 e. The molecule has 0 unspecified atom stereocenters. The van der Waals surface area contributed by atoms with Crippen LogP contribution < -0.4 is 16.0 Å². The van der Waals surface area contributed by atoms with Crippen LogP contribution in [0.2, 0.25) is 0 Å². The molecule has 148 valence electrons. The summed E-state index contributed by atoms with van der Waals surface area (Å²) >= 11 is 0. The van der Waals surface area contributed by atoms with Crippen molar-refractivity contribution in [1.29, 1.82) is 0 Å². The lowest BCUT2D eigenvalue weighted by atomic mass is 9.87. The summed E-state index contributed by atoms with van der Waals surface area (Å²) in [5.74, 6) is 0.449. The largest absolute Gasteiger partial charge is 0.412 e. The number of rotatable bonds is 3. The number of piperazine rings is 1. The molecule has 1 atom stereocenters. The summed E-state index contributed by atoms with van der Waals surface area (Å²) < 4.78 is 13.1. The molecule has 0 saturated carbocycles.